The van der Waals surface area contributed by atoms with Gasteiger partial charge >= 0.3 is 12.0 Å². The minimum Gasteiger partial charge on any atom is -0.478 e. The van der Waals surface area contributed by atoms with E-state index in [9.17, 15) is 9.59 Å². The van der Waals surface area contributed by atoms with Crippen LogP contribution in [0.5, 0.6) is 0 Å². The van der Waals surface area contributed by atoms with Crippen LogP contribution in [0.4, 0.5) is 10.5 Å². The quantitative estimate of drug-likeness (QED) is 0.562. The summed E-state index contributed by atoms with van der Waals surface area (Å²) in [6.07, 6.45) is 5.55. The molecule has 0 saturated heterocycles. The highest BCUT2D eigenvalue weighted by molar-refractivity contribution is 14.1. The Balaban J connectivity index is 2.80. The molecule has 3 N–H and O–H groups in total. The highest BCUT2D eigenvalue weighted by atomic mass is 127. The third-order valence-corrected chi connectivity index (χ3v) is 2.93. The lowest BCUT2D eigenvalue weighted by Crippen LogP contribution is -2.36. The number of amides is 2. The number of urea groups is 1. The van der Waals surface area contributed by atoms with Crippen molar-refractivity contribution in [2.75, 3.05) is 5.32 Å². The van der Waals surface area contributed by atoms with Crippen molar-refractivity contribution >= 4 is 40.3 Å². The van der Waals surface area contributed by atoms with Crippen molar-refractivity contribution in [3.63, 3.8) is 0 Å². The van der Waals surface area contributed by atoms with Crippen LogP contribution in [0.1, 0.15) is 23.7 Å². The first kappa shape index (κ1) is 15.3. The lowest BCUT2D eigenvalue weighted by atomic mass is 10.2. The molecule has 2 amide bonds. The molecule has 5 nitrogen and oxygen atoms in total. The molecule has 0 spiro atoms. The van der Waals surface area contributed by atoms with Crippen molar-refractivity contribution < 1.29 is 14.7 Å². The first-order valence-electron chi connectivity index (χ1n) is 5.48. The second-order valence-electron chi connectivity index (χ2n) is 3.90. The van der Waals surface area contributed by atoms with E-state index >= 15 is 0 Å². The van der Waals surface area contributed by atoms with Crippen LogP contribution < -0.4 is 10.6 Å². The van der Waals surface area contributed by atoms with Crippen molar-refractivity contribution in [3.8, 4) is 12.3 Å². The van der Waals surface area contributed by atoms with Crippen molar-refractivity contribution in [3.05, 3.63) is 27.3 Å². The van der Waals surface area contributed by atoms with E-state index in [1.807, 2.05) is 22.6 Å². The number of anilines is 1. The first-order chi connectivity index (χ1) is 8.93. The zero-order valence-electron chi connectivity index (χ0n) is 10.2. The zero-order chi connectivity index (χ0) is 14.4. The van der Waals surface area contributed by atoms with E-state index in [0.29, 0.717) is 6.42 Å². The average molecular weight is 372 g/mol. The van der Waals surface area contributed by atoms with Gasteiger partial charge in [0.1, 0.15) is 0 Å². The number of nitrogens with one attached hydrogen (secondary N) is 2. The number of carbonyl (C=O) groups excluding carboxylic acids is 1. The summed E-state index contributed by atoms with van der Waals surface area (Å²) >= 11 is 2.01. The molecule has 1 aromatic rings. The molecule has 0 aromatic heterocycles. The summed E-state index contributed by atoms with van der Waals surface area (Å²) in [5.74, 6) is 1.34. The normalized spacial score (nSPS) is 11.2. The number of hydrogen-bond acceptors (Lipinski definition) is 2. The van der Waals surface area contributed by atoms with Gasteiger partial charge in [-0.1, -0.05) is 0 Å². The van der Waals surface area contributed by atoms with Crippen molar-refractivity contribution in [2.45, 2.75) is 19.4 Å². The minimum atomic E-state index is -1.09. The van der Waals surface area contributed by atoms with Crippen molar-refractivity contribution in [2.24, 2.45) is 0 Å². The zero-order valence-corrected chi connectivity index (χ0v) is 12.4. The van der Waals surface area contributed by atoms with Crippen LogP contribution in [-0.2, 0) is 0 Å². The summed E-state index contributed by atoms with van der Waals surface area (Å²) < 4.78 is 0.779. The Bertz CT molecular complexity index is 537. The largest absolute Gasteiger partial charge is 0.478 e. The Hall–Kier alpha value is -1.75. The molecule has 0 radical (unpaired) electrons. The van der Waals surface area contributed by atoms with Gasteiger partial charge in [0.05, 0.1) is 11.3 Å². The summed E-state index contributed by atoms with van der Waals surface area (Å²) in [6, 6.07) is 4.10. The number of terminal acetylenes is 1. The molecule has 0 fully saturated rings. The van der Waals surface area contributed by atoms with E-state index in [1.54, 1.807) is 19.1 Å². The highest BCUT2D eigenvalue weighted by Gasteiger charge is 2.13. The van der Waals surface area contributed by atoms with Gasteiger partial charge < -0.3 is 15.7 Å². The molecule has 0 aliphatic rings. The molecule has 0 aliphatic heterocycles. The molecule has 0 aliphatic carbocycles. The lowest BCUT2D eigenvalue weighted by molar-refractivity contribution is 0.0698. The third-order valence-electron chi connectivity index (χ3n) is 2.26. The van der Waals surface area contributed by atoms with E-state index in [-0.39, 0.29) is 17.3 Å². The maximum absolute atomic E-state index is 11.7. The SMILES string of the molecule is C#CCC(C)NC(=O)Nc1ccc(I)cc1C(=O)O. The Kier molecular flexibility index (Phi) is 5.63. The van der Waals surface area contributed by atoms with Crippen LogP contribution in [0.25, 0.3) is 0 Å². The third kappa shape index (κ3) is 4.79. The smallest absolute Gasteiger partial charge is 0.337 e. The minimum absolute atomic E-state index is 0.0478. The molecule has 1 unspecified atom stereocenters. The van der Waals surface area contributed by atoms with Gasteiger partial charge in [0.2, 0.25) is 0 Å². The standard InChI is InChI=1S/C13H13IN2O3/c1-3-4-8(2)15-13(19)16-11-6-5-9(14)7-10(11)12(17)18/h1,5-8H,4H2,2H3,(H,17,18)(H2,15,16,19). The Morgan fingerprint density at radius 1 is 1.53 bits per heavy atom. The fraction of sp³-hybridized carbons (Fsp3) is 0.231. The molecule has 0 bridgehead atoms. The van der Waals surface area contributed by atoms with Crippen LogP contribution >= 0.6 is 22.6 Å². The number of halogens is 1. The van der Waals surface area contributed by atoms with Gasteiger partial charge in [0, 0.05) is 16.0 Å². The van der Waals surface area contributed by atoms with Crippen LogP contribution in [-0.4, -0.2) is 23.1 Å². The number of carbonyl (C=O) groups is 2. The first-order valence-corrected chi connectivity index (χ1v) is 6.55. The van der Waals surface area contributed by atoms with E-state index in [0.717, 1.165) is 3.57 Å². The molecular formula is C13H13IN2O3. The van der Waals surface area contributed by atoms with Crippen molar-refractivity contribution in [1.29, 1.82) is 0 Å². The topological polar surface area (TPSA) is 78.4 Å². The predicted molar refractivity (Wildman–Crippen MR) is 81.2 cm³/mol. The molecule has 1 aromatic carbocycles. The molecule has 100 valence electrons. The van der Waals surface area contributed by atoms with E-state index < -0.39 is 12.0 Å². The fourth-order valence-corrected chi connectivity index (χ4v) is 1.90. The van der Waals surface area contributed by atoms with Gasteiger partial charge in [0.15, 0.2) is 0 Å². The number of carboxylic acids is 1. The van der Waals surface area contributed by atoms with Crippen LogP contribution in [0.15, 0.2) is 18.2 Å². The fourth-order valence-electron chi connectivity index (χ4n) is 1.41. The van der Waals surface area contributed by atoms with Gasteiger partial charge in [-0.05, 0) is 47.7 Å². The highest BCUT2D eigenvalue weighted by Crippen LogP contribution is 2.18. The Morgan fingerprint density at radius 2 is 2.21 bits per heavy atom. The lowest BCUT2D eigenvalue weighted by Gasteiger charge is -2.13. The summed E-state index contributed by atoms with van der Waals surface area (Å²) in [4.78, 5) is 22.8. The number of hydrogen-bond donors (Lipinski definition) is 3. The monoisotopic (exact) mass is 372 g/mol. The summed E-state index contributed by atoms with van der Waals surface area (Å²) in [7, 11) is 0. The van der Waals surface area contributed by atoms with Crippen LogP contribution in [0, 0.1) is 15.9 Å². The van der Waals surface area contributed by atoms with E-state index in [4.69, 9.17) is 11.5 Å². The molecule has 19 heavy (non-hydrogen) atoms. The molecule has 0 saturated carbocycles. The maximum atomic E-state index is 11.7. The number of carboxylic acid groups (broad SMARTS) is 1. The molecule has 0 heterocycles. The van der Waals surface area contributed by atoms with E-state index in [1.165, 1.54) is 6.07 Å². The maximum Gasteiger partial charge on any atom is 0.337 e. The summed E-state index contributed by atoms with van der Waals surface area (Å²) in [5, 5.41) is 14.2. The van der Waals surface area contributed by atoms with Crippen molar-refractivity contribution in [1.82, 2.24) is 5.32 Å². The van der Waals surface area contributed by atoms with Gasteiger partial charge in [-0.2, -0.15) is 0 Å². The average Bonchev–Trinajstić information content (AvgIpc) is 2.31. The van der Waals surface area contributed by atoms with Gasteiger partial charge in [-0.15, -0.1) is 12.3 Å². The number of aromatic carboxylic acids is 1. The second kappa shape index (κ2) is 6.99. The second-order valence-corrected chi connectivity index (χ2v) is 5.15. The Morgan fingerprint density at radius 3 is 2.79 bits per heavy atom. The number of rotatable bonds is 4. The summed E-state index contributed by atoms with van der Waals surface area (Å²) in [6.45, 7) is 1.77. The van der Waals surface area contributed by atoms with E-state index in [2.05, 4.69) is 16.6 Å². The molecule has 1 atom stereocenters. The molecular weight excluding hydrogens is 359 g/mol. The van der Waals surface area contributed by atoms with Gasteiger partial charge in [-0.25, -0.2) is 9.59 Å². The predicted octanol–water partition coefficient (Wildman–Crippen LogP) is 2.52. The molecule has 6 heteroatoms. The van der Waals surface area contributed by atoms with Crippen LogP contribution in [0.3, 0.4) is 0 Å². The number of benzene rings is 1. The van der Waals surface area contributed by atoms with Gasteiger partial charge in [0.25, 0.3) is 0 Å². The van der Waals surface area contributed by atoms with Gasteiger partial charge in [-0.3, -0.25) is 0 Å². The Labute approximate surface area is 124 Å². The summed E-state index contributed by atoms with van der Waals surface area (Å²) in [5.41, 5.74) is 0.296. The molecule has 1 rings (SSSR count). The van der Waals surface area contributed by atoms with Crippen LogP contribution in [0.2, 0.25) is 0 Å².